The molecule has 0 amide bonds. The molecule has 0 aliphatic carbocycles. The molecule has 2 aliphatic rings. The van der Waals surface area contributed by atoms with Crippen molar-refractivity contribution in [2.75, 3.05) is 0 Å². The molecule has 3 nitrogen and oxygen atoms in total. The second-order valence-corrected chi connectivity index (χ2v) is 8.77. The van der Waals surface area contributed by atoms with E-state index in [0.717, 1.165) is 29.5 Å². The number of hydrogen-bond donors (Lipinski definition) is 0. The van der Waals surface area contributed by atoms with E-state index < -0.39 is 9.84 Å². The van der Waals surface area contributed by atoms with Crippen LogP contribution < -0.4 is 0 Å². The number of carbonyl (C=O) groups excluding carboxylic acids is 1. The highest BCUT2D eigenvalue weighted by Gasteiger charge is 2.48. The lowest BCUT2D eigenvalue weighted by molar-refractivity contribution is 0.0905. The van der Waals surface area contributed by atoms with E-state index in [9.17, 15) is 13.2 Å². The van der Waals surface area contributed by atoms with Gasteiger partial charge in [0.2, 0.25) is 0 Å². The van der Waals surface area contributed by atoms with E-state index in [4.69, 9.17) is 0 Å². The van der Waals surface area contributed by atoms with Crippen LogP contribution in [-0.4, -0.2) is 24.7 Å². The van der Waals surface area contributed by atoms with Gasteiger partial charge < -0.3 is 0 Å². The van der Waals surface area contributed by atoms with Crippen LogP contribution in [0.5, 0.6) is 0 Å². The molecule has 0 saturated carbocycles. The molecule has 2 atom stereocenters. The Morgan fingerprint density at radius 3 is 2.25 bits per heavy atom. The zero-order valence-corrected chi connectivity index (χ0v) is 12.7. The van der Waals surface area contributed by atoms with Crippen molar-refractivity contribution in [1.29, 1.82) is 0 Å². The highest BCUT2D eigenvalue weighted by atomic mass is 32.2. The second kappa shape index (κ2) is 4.69. The highest BCUT2D eigenvalue weighted by Crippen LogP contribution is 2.42. The van der Waals surface area contributed by atoms with Crippen molar-refractivity contribution in [2.24, 2.45) is 5.92 Å². The molecule has 0 aromatic heterocycles. The lowest BCUT2D eigenvalue weighted by Gasteiger charge is -2.27. The van der Waals surface area contributed by atoms with Gasteiger partial charge in [-0.1, -0.05) is 23.8 Å². The SMILES string of the molecule is Cc1ccc(C(=O)C2CC3CCC(C2)S3(=O)=O)c(C)c1. The van der Waals surface area contributed by atoms with Crippen LogP contribution in [0.4, 0.5) is 0 Å². The van der Waals surface area contributed by atoms with Crippen LogP contribution in [-0.2, 0) is 9.84 Å². The van der Waals surface area contributed by atoms with Crippen LogP contribution in [0.1, 0.15) is 47.2 Å². The quantitative estimate of drug-likeness (QED) is 0.788. The van der Waals surface area contributed by atoms with Crippen LogP contribution in [0.25, 0.3) is 0 Å². The minimum Gasteiger partial charge on any atom is -0.294 e. The van der Waals surface area contributed by atoms with Gasteiger partial charge in [0.15, 0.2) is 15.6 Å². The number of benzene rings is 1. The molecule has 2 saturated heterocycles. The Kier molecular flexibility index (Phi) is 3.24. The normalized spacial score (nSPS) is 31.2. The van der Waals surface area contributed by atoms with E-state index in [1.807, 2.05) is 32.0 Å². The summed E-state index contributed by atoms with van der Waals surface area (Å²) in [4.78, 5) is 12.7. The first-order chi connectivity index (χ1) is 9.39. The molecule has 20 heavy (non-hydrogen) atoms. The molecule has 4 heteroatoms. The molecular formula is C16H20O3S. The van der Waals surface area contributed by atoms with Gasteiger partial charge in [-0.05, 0) is 45.1 Å². The van der Waals surface area contributed by atoms with Gasteiger partial charge in [0.1, 0.15) is 0 Å². The Bertz CT molecular complexity index is 640. The number of carbonyl (C=O) groups is 1. The molecule has 3 rings (SSSR count). The Morgan fingerprint density at radius 2 is 1.70 bits per heavy atom. The number of hydrogen-bond acceptors (Lipinski definition) is 3. The second-order valence-electron chi connectivity index (χ2n) is 6.26. The summed E-state index contributed by atoms with van der Waals surface area (Å²) in [6.07, 6.45) is 2.52. The summed E-state index contributed by atoms with van der Waals surface area (Å²) < 4.78 is 24.2. The van der Waals surface area contributed by atoms with E-state index >= 15 is 0 Å². The van der Waals surface area contributed by atoms with Crippen LogP contribution in [0.3, 0.4) is 0 Å². The molecule has 0 radical (unpaired) electrons. The summed E-state index contributed by atoms with van der Waals surface area (Å²) in [5, 5.41) is -0.554. The molecule has 1 aromatic rings. The third-order valence-corrected chi connectivity index (χ3v) is 7.57. The highest BCUT2D eigenvalue weighted by molar-refractivity contribution is 7.93. The van der Waals surface area contributed by atoms with Gasteiger partial charge in [0.25, 0.3) is 0 Å². The Labute approximate surface area is 120 Å². The Balaban J connectivity index is 1.86. The molecule has 2 bridgehead atoms. The van der Waals surface area contributed by atoms with Gasteiger partial charge >= 0.3 is 0 Å². The van der Waals surface area contributed by atoms with Gasteiger partial charge in [-0.15, -0.1) is 0 Å². The van der Waals surface area contributed by atoms with Crippen molar-refractivity contribution >= 4 is 15.6 Å². The molecule has 2 unspecified atom stereocenters. The summed E-state index contributed by atoms with van der Waals surface area (Å²) in [7, 11) is -2.95. The van der Waals surface area contributed by atoms with Crippen molar-refractivity contribution < 1.29 is 13.2 Å². The van der Waals surface area contributed by atoms with Crippen LogP contribution >= 0.6 is 0 Å². The summed E-state index contributed by atoms with van der Waals surface area (Å²) in [5.74, 6) is 0.0201. The first kappa shape index (κ1) is 13.8. The van der Waals surface area contributed by atoms with E-state index in [2.05, 4.69) is 0 Å². The summed E-state index contributed by atoms with van der Waals surface area (Å²) in [6, 6.07) is 5.85. The van der Waals surface area contributed by atoms with Crippen molar-refractivity contribution in [3.05, 3.63) is 34.9 Å². The van der Waals surface area contributed by atoms with Crippen molar-refractivity contribution in [2.45, 2.75) is 50.0 Å². The Morgan fingerprint density at radius 1 is 1.10 bits per heavy atom. The van der Waals surface area contributed by atoms with E-state index in [-0.39, 0.29) is 22.2 Å². The predicted octanol–water partition coefficient (Wildman–Crippen LogP) is 2.84. The lowest BCUT2D eigenvalue weighted by atomic mass is 9.88. The smallest absolute Gasteiger partial charge is 0.166 e. The molecule has 2 fully saturated rings. The first-order valence-electron chi connectivity index (χ1n) is 7.24. The minimum absolute atomic E-state index is 0.113. The molecular weight excluding hydrogens is 272 g/mol. The Hall–Kier alpha value is -1.16. The average Bonchev–Trinajstić information content (AvgIpc) is 2.57. The lowest BCUT2D eigenvalue weighted by Crippen LogP contribution is -2.36. The standard InChI is InChI=1S/C16H20O3S/c1-10-3-6-15(11(2)7-10)16(17)12-8-13-4-5-14(9-12)20(13,18)19/h3,6-7,12-14H,4-5,8-9H2,1-2H3. The number of ketones is 1. The van der Waals surface area contributed by atoms with E-state index in [0.29, 0.717) is 12.8 Å². The maximum atomic E-state index is 12.7. The number of fused-ring (bicyclic) bond motifs is 2. The fraction of sp³-hybridized carbons (Fsp3) is 0.562. The van der Waals surface area contributed by atoms with Crippen molar-refractivity contribution in [3.63, 3.8) is 0 Å². The topological polar surface area (TPSA) is 51.2 Å². The molecule has 0 N–H and O–H groups in total. The van der Waals surface area contributed by atoms with Crippen LogP contribution in [0.15, 0.2) is 18.2 Å². The van der Waals surface area contributed by atoms with Crippen LogP contribution in [0.2, 0.25) is 0 Å². The zero-order valence-electron chi connectivity index (χ0n) is 11.9. The van der Waals surface area contributed by atoms with Crippen LogP contribution in [0, 0.1) is 19.8 Å². The minimum atomic E-state index is -2.95. The third kappa shape index (κ3) is 2.10. The molecule has 2 heterocycles. The summed E-state index contributed by atoms with van der Waals surface area (Å²) in [5.41, 5.74) is 2.90. The van der Waals surface area contributed by atoms with E-state index in [1.165, 1.54) is 0 Å². The van der Waals surface area contributed by atoms with Crippen molar-refractivity contribution in [3.8, 4) is 0 Å². The number of sulfone groups is 1. The molecule has 1 aromatic carbocycles. The first-order valence-corrected chi connectivity index (χ1v) is 8.84. The number of aryl methyl sites for hydroxylation is 2. The zero-order chi connectivity index (χ0) is 14.5. The van der Waals surface area contributed by atoms with Gasteiger partial charge in [-0.25, -0.2) is 8.42 Å². The maximum absolute atomic E-state index is 12.7. The average molecular weight is 292 g/mol. The van der Waals surface area contributed by atoms with Gasteiger partial charge in [0.05, 0.1) is 10.5 Å². The maximum Gasteiger partial charge on any atom is 0.166 e. The monoisotopic (exact) mass is 292 g/mol. The van der Waals surface area contributed by atoms with E-state index in [1.54, 1.807) is 0 Å². The third-order valence-electron chi connectivity index (χ3n) is 4.85. The fourth-order valence-electron chi connectivity index (χ4n) is 3.73. The van der Waals surface area contributed by atoms with Gasteiger partial charge in [-0.2, -0.15) is 0 Å². The molecule has 108 valence electrons. The largest absolute Gasteiger partial charge is 0.294 e. The van der Waals surface area contributed by atoms with Crippen molar-refractivity contribution in [1.82, 2.24) is 0 Å². The number of Topliss-reactive ketones (excluding diaryl/α,β-unsaturated/α-hetero) is 1. The predicted molar refractivity (Wildman–Crippen MR) is 78.7 cm³/mol. The summed E-state index contributed by atoms with van der Waals surface area (Å²) in [6.45, 7) is 3.96. The summed E-state index contributed by atoms with van der Waals surface area (Å²) >= 11 is 0. The fourth-order valence-corrected chi connectivity index (χ4v) is 6.21. The van der Waals surface area contributed by atoms with Gasteiger partial charge in [0, 0.05) is 11.5 Å². The number of rotatable bonds is 2. The molecule has 2 aliphatic heterocycles. The molecule has 0 spiro atoms. The van der Waals surface area contributed by atoms with Gasteiger partial charge in [-0.3, -0.25) is 4.79 Å².